The first-order valence-corrected chi connectivity index (χ1v) is 11.9. The van der Waals surface area contributed by atoms with Gasteiger partial charge in [0.05, 0.1) is 6.04 Å². The molecule has 4 amide bonds. The van der Waals surface area contributed by atoms with Crippen LogP contribution in [0.5, 0.6) is 0 Å². The van der Waals surface area contributed by atoms with E-state index in [0.717, 1.165) is 6.42 Å². The van der Waals surface area contributed by atoms with Crippen molar-refractivity contribution in [3.05, 3.63) is 0 Å². The SMILES string of the molecule is CCC(C)C(N)C(=O)N1CCCC1C(=O)NC(CCCCN)C(=O)NC(CCC(N)=O)C(=O)O. The Bertz CT molecular complexity index is 733. The molecule has 1 heterocycles. The second kappa shape index (κ2) is 14.5. The minimum Gasteiger partial charge on any atom is -0.480 e. The van der Waals surface area contributed by atoms with Crippen LogP contribution in [0.3, 0.4) is 0 Å². The number of amides is 4. The molecule has 0 aromatic rings. The van der Waals surface area contributed by atoms with Gasteiger partial charge in [-0.3, -0.25) is 19.2 Å². The van der Waals surface area contributed by atoms with Crippen LogP contribution in [0.25, 0.3) is 0 Å². The van der Waals surface area contributed by atoms with Gasteiger partial charge in [0.25, 0.3) is 0 Å². The van der Waals surface area contributed by atoms with E-state index in [9.17, 15) is 29.1 Å². The van der Waals surface area contributed by atoms with Gasteiger partial charge in [-0.2, -0.15) is 0 Å². The number of hydrogen-bond acceptors (Lipinski definition) is 7. The van der Waals surface area contributed by atoms with Gasteiger partial charge in [0, 0.05) is 13.0 Å². The van der Waals surface area contributed by atoms with Crippen LogP contribution in [0.15, 0.2) is 0 Å². The monoisotopic (exact) mass is 484 g/mol. The fraction of sp³-hybridized carbons (Fsp3) is 0.773. The Hall–Kier alpha value is -2.73. The number of aliphatic carboxylic acids is 1. The standard InChI is InChI=1S/C22H40N6O6/c1-3-13(2)18(25)21(32)28-12-6-8-16(28)20(31)26-14(7-4-5-11-23)19(30)27-15(22(33)34)9-10-17(24)29/h13-16,18H,3-12,23,25H2,1-2H3,(H2,24,29)(H,26,31)(H,27,30)(H,33,34). The lowest BCUT2D eigenvalue weighted by molar-refractivity contribution is -0.143. The molecular weight excluding hydrogens is 444 g/mol. The summed E-state index contributed by atoms with van der Waals surface area (Å²) >= 11 is 0. The molecule has 34 heavy (non-hydrogen) atoms. The Morgan fingerprint density at radius 2 is 1.76 bits per heavy atom. The van der Waals surface area contributed by atoms with Gasteiger partial charge < -0.3 is 37.8 Å². The molecule has 0 saturated carbocycles. The van der Waals surface area contributed by atoms with Gasteiger partial charge in [-0.25, -0.2) is 4.79 Å². The second-order valence-corrected chi connectivity index (χ2v) is 8.85. The van der Waals surface area contributed by atoms with E-state index < -0.39 is 47.9 Å². The third-order valence-corrected chi connectivity index (χ3v) is 6.25. The number of carboxylic acid groups (broad SMARTS) is 1. The van der Waals surface area contributed by atoms with Gasteiger partial charge >= 0.3 is 5.97 Å². The van der Waals surface area contributed by atoms with Crippen molar-refractivity contribution in [1.29, 1.82) is 0 Å². The van der Waals surface area contributed by atoms with Crippen molar-refractivity contribution in [2.45, 2.75) is 89.4 Å². The Morgan fingerprint density at radius 3 is 2.32 bits per heavy atom. The molecule has 1 aliphatic heterocycles. The van der Waals surface area contributed by atoms with E-state index in [-0.39, 0.29) is 31.1 Å². The maximum atomic E-state index is 13.1. The zero-order chi connectivity index (χ0) is 25.8. The molecule has 12 heteroatoms. The summed E-state index contributed by atoms with van der Waals surface area (Å²) in [6.45, 7) is 4.61. The molecule has 1 rings (SSSR count). The number of carbonyl (C=O) groups excluding carboxylic acids is 4. The maximum Gasteiger partial charge on any atom is 0.326 e. The molecule has 12 nitrogen and oxygen atoms in total. The summed E-state index contributed by atoms with van der Waals surface area (Å²) in [7, 11) is 0. The van der Waals surface area contributed by atoms with Gasteiger partial charge in [0.15, 0.2) is 0 Å². The first-order chi connectivity index (χ1) is 16.0. The van der Waals surface area contributed by atoms with E-state index in [2.05, 4.69) is 10.6 Å². The van der Waals surface area contributed by atoms with Crippen LogP contribution in [0, 0.1) is 5.92 Å². The quantitative estimate of drug-likeness (QED) is 0.155. The molecule has 5 atom stereocenters. The number of nitrogens with one attached hydrogen (secondary N) is 2. The normalized spacial score (nSPS) is 19.1. The van der Waals surface area contributed by atoms with Crippen LogP contribution >= 0.6 is 0 Å². The predicted octanol–water partition coefficient (Wildman–Crippen LogP) is -1.20. The van der Waals surface area contributed by atoms with Crippen molar-refractivity contribution in [3.63, 3.8) is 0 Å². The number of carboxylic acids is 1. The van der Waals surface area contributed by atoms with Gasteiger partial charge in [-0.05, 0) is 51.0 Å². The zero-order valence-corrected chi connectivity index (χ0v) is 20.1. The fourth-order valence-electron chi connectivity index (χ4n) is 3.84. The third-order valence-electron chi connectivity index (χ3n) is 6.25. The smallest absolute Gasteiger partial charge is 0.326 e. The highest BCUT2D eigenvalue weighted by Crippen LogP contribution is 2.21. The highest BCUT2D eigenvalue weighted by atomic mass is 16.4. The molecule has 1 aliphatic rings. The molecule has 9 N–H and O–H groups in total. The molecule has 194 valence electrons. The largest absolute Gasteiger partial charge is 0.480 e. The maximum absolute atomic E-state index is 13.1. The average Bonchev–Trinajstić information content (AvgIpc) is 3.29. The van der Waals surface area contributed by atoms with Crippen LogP contribution in [0.2, 0.25) is 0 Å². The molecule has 0 bridgehead atoms. The van der Waals surface area contributed by atoms with Crippen molar-refractivity contribution >= 4 is 29.6 Å². The topological polar surface area (TPSA) is 211 Å². The Kier molecular flexibility index (Phi) is 12.5. The lowest BCUT2D eigenvalue weighted by Gasteiger charge is -2.30. The summed E-state index contributed by atoms with van der Waals surface area (Å²) in [6, 6.07) is -3.82. The van der Waals surface area contributed by atoms with E-state index in [0.29, 0.717) is 38.8 Å². The lowest BCUT2D eigenvalue weighted by Crippen LogP contribution is -2.57. The minimum atomic E-state index is -1.33. The van der Waals surface area contributed by atoms with E-state index in [1.807, 2.05) is 13.8 Å². The first kappa shape index (κ1) is 29.3. The van der Waals surface area contributed by atoms with Crippen LogP contribution in [0.1, 0.15) is 65.2 Å². The molecule has 0 aromatic carbocycles. The van der Waals surface area contributed by atoms with Crippen LogP contribution < -0.4 is 27.8 Å². The fourth-order valence-corrected chi connectivity index (χ4v) is 3.84. The Labute approximate surface area is 200 Å². The Balaban J connectivity index is 2.92. The number of primary amides is 1. The highest BCUT2D eigenvalue weighted by molar-refractivity contribution is 5.94. The van der Waals surface area contributed by atoms with Crippen molar-refractivity contribution in [3.8, 4) is 0 Å². The van der Waals surface area contributed by atoms with Crippen molar-refractivity contribution < 1.29 is 29.1 Å². The summed E-state index contributed by atoms with van der Waals surface area (Å²) in [4.78, 5) is 62.8. The third kappa shape index (κ3) is 8.90. The molecule has 0 aromatic heterocycles. The number of carbonyl (C=O) groups is 5. The second-order valence-electron chi connectivity index (χ2n) is 8.85. The molecule has 1 fully saturated rings. The number of likely N-dealkylation sites (tertiary alicyclic amines) is 1. The zero-order valence-electron chi connectivity index (χ0n) is 20.1. The van der Waals surface area contributed by atoms with Gasteiger partial charge in [0.1, 0.15) is 18.1 Å². The predicted molar refractivity (Wildman–Crippen MR) is 125 cm³/mol. The average molecular weight is 485 g/mol. The van der Waals surface area contributed by atoms with E-state index in [1.165, 1.54) is 4.90 Å². The molecule has 0 aliphatic carbocycles. The minimum absolute atomic E-state index is 0.0417. The van der Waals surface area contributed by atoms with Crippen molar-refractivity contribution in [2.24, 2.45) is 23.1 Å². The van der Waals surface area contributed by atoms with Crippen molar-refractivity contribution in [1.82, 2.24) is 15.5 Å². The highest BCUT2D eigenvalue weighted by Gasteiger charge is 2.38. The summed E-state index contributed by atoms with van der Waals surface area (Å²) < 4.78 is 0. The van der Waals surface area contributed by atoms with Crippen LogP contribution in [-0.2, 0) is 24.0 Å². The first-order valence-electron chi connectivity index (χ1n) is 11.9. The number of nitrogens with zero attached hydrogens (tertiary/aromatic N) is 1. The van der Waals surface area contributed by atoms with E-state index >= 15 is 0 Å². The number of rotatable bonds is 15. The molecule has 0 spiro atoms. The van der Waals surface area contributed by atoms with E-state index in [1.54, 1.807) is 0 Å². The van der Waals surface area contributed by atoms with E-state index in [4.69, 9.17) is 17.2 Å². The number of unbranched alkanes of at least 4 members (excludes halogenated alkanes) is 1. The van der Waals surface area contributed by atoms with Gasteiger partial charge in [-0.1, -0.05) is 20.3 Å². The lowest BCUT2D eigenvalue weighted by atomic mass is 9.98. The van der Waals surface area contributed by atoms with Crippen LogP contribution in [-0.4, -0.2) is 76.9 Å². The molecular formula is C22H40N6O6. The van der Waals surface area contributed by atoms with Gasteiger partial charge in [0.2, 0.25) is 23.6 Å². The molecule has 1 saturated heterocycles. The number of nitrogens with two attached hydrogens (primary N) is 3. The van der Waals surface area contributed by atoms with Crippen LogP contribution in [0.4, 0.5) is 0 Å². The van der Waals surface area contributed by atoms with Gasteiger partial charge in [-0.15, -0.1) is 0 Å². The summed E-state index contributed by atoms with van der Waals surface area (Å²) in [5, 5.41) is 14.4. The molecule has 5 unspecified atom stereocenters. The summed E-state index contributed by atoms with van der Waals surface area (Å²) in [5.41, 5.74) is 16.7. The summed E-state index contributed by atoms with van der Waals surface area (Å²) in [5.74, 6) is -3.51. The Morgan fingerprint density at radius 1 is 1.09 bits per heavy atom. The number of hydrogen-bond donors (Lipinski definition) is 6. The molecule has 0 radical (unpaired) electrons. The summed E-state index contributed by atoms with van der Waals surface area (Å²) in [6.07, 6.45) is 2.80. The van der Waals surface area contributed by atoms with Crippen molar-refractivity contribution in [2.75, 3.05) is 13.1 Å².